The topological polar surface area (TPSA) is 60.1 Å². The average Bonchev–Trinajstić information content (AvgIpc) is 3.21. The lowest BCUT2D eigenvalue weighted by Gasteiger charge is -2.17. The number of carbonyl (C=O) groups excluding carboxylic acids is 1. The molecule has 0 atom stereocenters. The molecule has 0 aliphatic rings. The summed E-state index contributed by atoms with van der Waals surface area (Å²) in [5, 5.41) is 1.22. The number of anilines is 1. The van der Waals surface area contributed by atoms with E-state index >= 15 is 0 Å². The van der Waals surface area contributed by atoms with E-state index in [1.807, 2.05) is 50.2 Å². The summed E-state index contributed by atoms with van der Waals surface area (Å²) in [6, 6.07) is 13.0. The second-order valence-electron chi connectivity index (χ2n) is 6.35. The lowest BCUT2D eigenvalue weighted by Crippen LogP contribution is -2.36. The molecule has 0 unspecified atom stereocenters. The van der Waals surface area contributed by atoms with Gasteiger partial charge in [-0.05, 0) is 44.2 Å². The third-order valence-corrected chi connectivity index (χ3v) is 6.02. The molecule has 6 nitrogen and oxygen atoms in total. The zero-order chi connectivity index (χ0) is 19.8. The number of benzene rings is 2. The molecule has 4 rings (SSSR count). The molecule has 2 aromatic carbocycles. The Morgan fingerprint density at radius 1 is 1.14 bits per heavy atom. The van der Waals surface area contributed by atoms with Crippen LogP contribution in [0.2, 0.25) is 5.02 Å². The van der Waals surface area contributed by atoms with Crippen LogP contribution in [-0.2, 0) is 17.9 Å². The van der Waals surface area contributed by atoms with Gasteiger partial charge in [-0.1, -0.05) is 35.1 Å². The van der Waals surface area contributed by atoms with Crippen LogP contribution in [0.15, 0.2) is 47.3 Å². The number of likely N-dealkylation sites (N-methyl/N-ethyl adjacent to an activating group) is 1. The number of thiazole rings is 1. The van der Waals surface area contributed by atoms with E-state index in [0.29, 0.717) is 23.2 Å². The lowest BCUT2D eigenvalue weighted by atomic mass is 10.3. The molecule has 0 saturated carbocycles. The number of hydrogen-bond acceptors (Lipinski definition) is 4. The van der Waals surface area contributed by atoms with Gasteiger partial charge < -0.3 is 0 Å². The molecule has 0 N–H and O–H groups in total. The Kier molecular flexibility index (Phi) is 4.95. The zero-order valence-corrected chi connectivity index (χ0v) is 17.1. The van der Waals surface area contributed by atoms with Crippen molar-refractivity contribution in [3.05, 3.63) is 58.0 Å². The summed E-state index contributed by atoms with van der Waals surface area (Å²) in [5.74, 6) is -0.172. The maximum atomic E-state index is 13.1. The molecule has 28 heavy (non-hydrogen) atoms. The second kappa shape index (κ2) is 7.41. The van der Waals surface area contributed by atoms with Crippen molar-refractivity contribution in [2.45, 2.75) is 26.9 Å². The SMILES string of the molecule is CCN(C(=O)Cn1c(=O)n(CC)c2ccccc21)c1nc2cc(Cl)ccc2s1. The molecular formula is C20H19ClN4O2S. The van der Waals surface area contributed by atoms with E-state index in [4.69, 9.17) is 11.6 Å². The molecule has 0 radical (unpaired) electrons. The first-order valence-electron chi connectivity index (χ1n) is 9.08. The minimum atomic E-state index is -0.177. The first kappa shape index (κ1) is 18.7. The Balaban J connectivity index is 1.71. The van der Waals surface area contributed by atoms with Crippen LogP contribution < -0.4 is 10.6 Å². The number of hydrogen-bond donors (Lipinski definition) is 0. The van der Waals surface area contributed by atoms with E-state index in [0.717, 1.165) is 21.3 Å². The number of para-hydroxylation sites is 2. The molecule has 4 aromatic rings. The number of aromatic nitrogens is 3. The van der Waals surface area contributed by atoms with Crippen LogP contribution in [-0.4, -0.2) is 26.6 Å². The van der Waals surface area contributed by atoms with Gasteiger partial charge >= 0.3 is 5.69 Å². The number of aryl methyl sites for hydroxylation is 1. The van der Waals surface area contributed by atoms with E-state index < -0.39 is 0 Å². The zero-order valence-electron chi connectivity index (χ0n) is 15.6. The molecule has 1 amide bonds. The molecule has 2 aromatic heterocycles. The standard InChI is InChI=1S/C20H19ClN4O2S/c1-3-23-15-7-5-6-8-16(15)25(20(23)27)12-18(26)24(4-2)19-22-14-11-13(21)9-10-17(14)28-19/h5-11H,3-4,12H2,1-2H3. The van der Waals surface area contributed by atoms with Crippen molar-refractivity contribution in [3.8, 4) is 0 Å². The summed E-state index contributed by atoms with van der Waals surface area (Å²) in [6.45, 7) is 4.81. The fraction of sp³-hybridized carbons (Fsp3) is 0.250. The van der Waals surface area contributed by atoms with Crippen LogP contribution in [0.3, 0.4) is 0 Å². The van der Waals surface area contributed by atoms with Crippen molar-refractivity contribution >= 4 is 55.2 Å². The normalized spacial score (nSPS) is 11.4. The Bertz CT molecular complexity index is 1240. The molecule has 0 aliphatic carbocycles. The van der Waals surface area contributed by atoms with Crippen molar-refractivity contribution in [2.75, 3.05) is 11.4 Å². The highest BCUT2D eigenvalue weighted by Crippen LogP contribution is 2.30. The maximum absolute atomic E-state index is 13.1. The van der Waals surface area contributed by atoms with Crippen LogP contribution in [0, 0.1) is 0 Å². The number of halogens is 1. The first-order chi connectivity index (χ1) is 13.5. The van der Waals surface area contributed by atoms with Crippen LogP contribution in [0.5, 0.6) is 0 Å². The van der Waals surface area contributed by atoms with E-state index in [1.165, 1.54) is 15.9 Å². The van der Waals surface area contributed by atoms with Gasteiger partial charge in [-0.15, -0.1) is 0 Å². The maximum Gasteiger partial charge on any atom is 0.329 e. The van der Waals surface area contributed by atoms with E-state index in [1.54, 1.807) is 15.5 Å². The predicted molar refractivity (Wildman–Crippen MR) is 115 cm³/mol. The highest BCUT2D eigenvalue weighted by atomic mass is 35.5. The van der Waals surface area contributed by atoms with Gasteiger partial charge in [0.15, 0.2) is 5.13 Å². The van der Waals surface area contributed by atoms with Gasteiger partial charge in [0, 0.05) is 18.1 Å². The van der Waals surface area contributed by atoms with E-state index in [9.17, 15) is 9.59 Å². The largest absolute Gasteiger partial charge is 0.329 e. The van der Waals surface area contributed by atoms with Gasteiger partial charge in [0.25, 0.3) is 0 Å². The fourth-order valence-corrected chi connectivity index (χ4v) is 4.57. The number of carbonyl (C=O) groups is 1. The number of nitrogens with zero attached hydrogens (tertiary/aromatic N) is 4. The van der Waals surface area contributed by atoms with Gasteiger partial charge in [0.05, 0.1) is 21.3 Å². The quantitative estimate of drug-likeness (QED) is 0.493. The predicted octanol–water partition coefficient (Wildman–Crippen LogP) is 4.14. The van der Waals surface area contributed by atoms with Crippen LogP contribution >= 0.6 is 22.9 Å². The van der Waals surface area contributed by atoms with Crippen molar-refractivity contribution in [2.24, 2.45) is 0 Å². The summed E-state index contributed by atoms with van der Waals surface area (Å²) in [5.41, 5.74) is 2.18. The van der Waals surface area contributed by atoms with Crippen LogP contribution in [0.1, 0.15) is 13.8 Å². The minimum Gasteiger partial charge on any atom is -0.292 e. The van der Waals surface area contributed by atoms with Gasteiger partial charge in [-0.3, -0.25) is 18.8 Å². The molecule has 0 fully saturated rings. The summed E-state index contributed by atoms with van der Waals surface area (Å²) < 4.78 is 4.18. The molecule has 0 saturated heterocycles. The first-order valence-corrected chi connectivity index (χ1v) is 10.3. The molecule has 0 spiro atoms. The van der Waals surface area contributed by atoms with Crippen LogP contribution in [0.4, 0.5) is 5.13 Å². The van der Waals surface area contributed by atoms with Crippen molar-refractivity contribution in [3.63, 3.8) is 0 Å². The third-order valence-electron chi connectivity index (χ3n) is 4.72. The molecule has 144 valence electrons. The minimum absolute atomic E-state index is 0.0309. The second-order valence-corrected chi connectivity index (χ2v) is 7.79. The van der Waals surface area contributed by atoms with Crippen molar-refractivity contribution in [1.29, 1.82) is 0 Å². The van der Waals surface area contributed by atoms with Crippen molar-refractivity contribution < 1.29 is 4.79 Å². The van der Waals surface area contributed by atoms with E-state index in [2.05, 4.69) is 4.98 Å². The van der Waals surface area contributed by atoms with Gasteiger partial charge in [0.1, 0.15) is 6.54 Å². The Hall–Kier alpha value is -2.64. The Morgan fingerprint density at radius 3 is 2.54 bits per heavy atom. The number of rotatable bonds is 5. The van der Waals surface area contributed by atoms with Gasteiger partial charge in [-0.2, -0.15) is 0 Å². The van der Waals surface area contributed by atoms with Crippen LogP contribution in [0.25, 0.3) is 21.3 Å². The van der Waals surface area contributed by atoms with Gasteiger partial charge in [-0.25, -0.2) is 9.78 Å². The number of imidazole rings is 1. The Morgan fingerprint density at radius 2 is 1.86 bits per heavy atom. The average molecular weight is 415 g/mol. The monoisotopic (exact) mass is 414 g/mol. The summed E-state index contributed by atoms with van der Waals surface area (Å²) in [6.07, 6.45) is 0. The number of amides is 1. The molecule has 8 heteroatoms. The molecule has 0 bridgehead atoms. The highest BCUT2D eigenvalue weighted by molar-refractivity contribution is 7.22. The highest BCUT2D eigenvalue weighted by Gasteiger charge is 2.21. The molecule has 2 heterocycles. The smallest absolute Gasteiger partial charge is 0.292 e. The lowest BCUT2D eigenvalue weighted by molar-refractivity contribution is -0.119. The molecule has 0 aliphatic heterocycles. The Labute approximate surface area is 170 Å². The number of fused-ring (bicyclic) bond motifs is 2. The van der Waals surface area contributed by atoms with Gasteiger partial charge in [0.2, 0.25) is 5.91 Å². The summed E-state index contributed by atoms with van der Waals surface area (Å²) >= 11 is 7.48. The third kappa shape index (κ3) is 3.10. The fourth-order valence-electron chi connectivity index (χ4n) is 3.37. The summed E-state index contributed by atoms with van der Waals surface area (Å²) in [7, 11) is 0. The molecular weight excluding hydrogens is 396 g/mol. The van der Waals surface area contributed by atoms with E-state index in [-0.39, 0.29) is 18.1 Å². The summed E-state index contributed by atoms with van der Waals surface area (Å²) in [4.78, 5) is 32.1. The van der Waals surface area contributed by atoms with Crippen molar-refractivity contribution in [1.82, 2.24) is 14.1 Å².